The number of hydrogen-bond donors (Lipinski definition) is 1. The second kappa shape index (κ2) is 8.56. The Kier molecular flexibility index (Phi) is 5.24. The fraction of sp³-hybridized carbons (Fsp3) is 0.333. The highest BCUT2D eigenvalue weighted by molar-refractivity contribution is 6.06. The Morgan fingerprint density at radius 1 is 1.15 bits per heavy atom. The molecular weight excluding hydrogens is 426 g/mol. The van der Waals surface area contributed by atoms with Crippen LogP contribution in [0.15, 0.2) is 48.7 Å². The number of pyridine rings is 2. The van der Waals surface area contributed by atoms with Crippen molar-refractivity contribution >= 4 is 16.9 Å². The SMILES string of the molecule is Cc1nn(-c2ccccn2)c2nc(C3CC3)cc(C(=O)NCCOc3ccc4c(c3)CCC4)c12. The van der Waals surface area contributed by atoms with Crippen LogP contribution < -0.4 is 10.1 Å². The van der Waals surface area contributed by atoms with Gasteiger partial charge in [0.1, 0.15) is 12.4 Å². The van der Waals surface area contributed by atoms with Gasteiger partial charge in [0.2, 0.25) is 0 Å². The van der Waals surface area contributed by atoms with E-state index in [-0.39, 0.29) is 5.91 Å². The fourth-order valence-corrected chi connectivity index (χ4v) is 4.78. The molecule has 0 atom stereocenters. The maximum absolute atomic E-state index is 13.3. The van der Waals surface area contributed by atoms with Crippen molar-refractivity contribution in [3.05, 3.63) is 76.7 Å². The summed E-state index contributed by atoms with van der Waals surface area (Å²) in [6, 6.07) is 13.9. The monoisotopic (exact) mass is 453 g/mol. The smallest absolute Gasteiger partial charge is 0.252 e. The highest BCUT2D eigenvalue weighted by atomic mass is 16.5. The second-order valence-electron chi connectivity index (χ2n) is 9.14. The number of ether oxygens (including phenoxy) is 1. The van der Waals surface area contributed by atoms with Crippen LogP contribution in [0.5, 0.6) is 5.75 Å². The lowest BCUT2D eigenvalue weighted by atomic mass is 10.1. The van der Waals surface area contributed by atoms with E-state index in [0.29, 0.717) is 36.1 Å². The third-order valence-electron chi connectivity index (χ3n) is 6.67. The molecule has 3 heterocycles. The molecule has 0 spiro atoms. The van der Waals surface area contributed by atoms with E-state index in [1.54, 1.807) is 10.9 Å². The van der Waals surface area contributed by atoms with E-state index >= 15 is 0 Å². The highest BCUT2D eigenvalue weighted by Crippen LogP contribution is 2.40. The first-order chi connectivity index (χ1) is 16.7. The van der Waals surface area contributed by atoms with E-state index in [1.807, 2.05) is 37.3 Å². The maximum atomic E-state index is 13.3. The zero-order valence-corrected chi connectivity index (χ0v) is 19.3. The summed E-state index contributed by atoms with van der Waals surface area (Å²) in [6.07, 6.45) is 7.43. The van der Waals surface area contributed by atoms with Gasteiger partial charge in [-0.2, -0.15) is 9.78 Å². The van der Waals surface area contributed by atoms with Crippen LogP contribution in [0, 0.1) is 6.92 Å². The average molecular weight is 454 g/mol. The molecule has 1 N–H and O–H groups in total. The molecule has 2 aliphatic rings. The van der Waals surface area contributed by atoms with Crippen molar-refractivity contribution in [3.8, 4) is 11.6 Å². The second-order valence-corrected chi connectivity index (χ2v) is 9.14. The molecule has 3 aromatic heterocycles. The summed E-state index contributed by atoms with van der Waals surface area (Å²) in [5.74, 6) is 1.84. The molecule has 1 fully saturated rings. The number of fused-ring (bicyclic) bond motifs is 2. The van der Waals surface area contributed by atoms with Gasteiger partial charge in [-0.25, -0.2) is 9.97 Å². The van der Waals surface area contributed by atoms with Crippen molar-refractivity contribution in [2.45, 2.75) is 44.9 Å². The number of benzene rings is 1. The Hall–Kier alpha value is -3.74. The summed E-state index contributed by atoms with van der Waals surface area (Å²) < 4.78 is 7.65. The van der Waals surface area contributed by atoms with Crippen LogP contribution in [-0.4, -0.2) is 38.8 Å². The van der Waals surface area contributed by atoms with Gasteiger partial charge in [0.15, 0.2) is 11.5 Å². The predicted molar refractivity (Wildman–Crippen MR) is 130 cm³/mol. The third-order valence-corrected chi connectivity index (χ3v) is 6.67. The highest BCUT2D eigenvalue weighted by Gasteiger charge is 2.29. The minimum Gasteiger partial charge on any atom is -0.492 e. The lowest BCUT2D eigenvalue weighted by molar-refractivity contribution is 0.0948. The van der Waals surface area contributed by atoms with E-state index in [4.69, 9.17) is 9.72 Å². The number of carbonyl (C=O) groups excluding carboxylic acids is 1. The average Bonchev–Trinajstić information content (AvgIpc) is 3.52. The van der Waals surface area contributed by atoms with Crippen LogP contribution in [-0.2, 0) is 12.8 Å². The first-order valence-corrected chi connectivity index (χ1v) is 12.0. The number of aryl methyl sites for hydroxylation is 3. The summed E-state index contributed by atoms with van der Waals surface area (Å²) in [6.45, 7) is 2.75. The van der Waals surface area contributed by atoms with Gasteiger partial charge >= 0.3 is 0 Å². The number of carbonyl (C=O) groups is 1. The van der Waals surface area contributed by atoms with Gasteiger partial charge in [-0.05, 0) is 80.5 Å². The first kappa shape index (κ1) is 20.8. The molecule has 0 radical (unpaired) electrons. The van der Waals surface area contributed by atoms with Crippen molar-refractivity contribution in [3.63, 3.8) is 0 Å². The number of hydrogen-bond acceptors (Lipinski definition) is 5. The van der Waals surface area contributed by atoms with Crippen LogP contribution in [0.3, 0.4) is 0 Å². The molecule has 0 aliphatic heterocycles. The molecule has 1 saturated carbocycles. The first-order valence-electron chi connectivity index (χ1n) is 12.0. The molecule has 1 amide bonds. The van der Waals surface area contributed by atoms with Crippen LogP contribution in [0.25, 0.3) is 16.9 Å². The minimum atomic E-state index is -0.129. The van der Waals surface area contributed by atoms with Crippen molar-refractivity contribution in [1.82, 2.24) is 25.1 Å². The summed E-state index contributed by atoms with van der Waals surface area (Å²) in [7, 11) is 0. The Labute approximate surface area is 198 Å². The zero-order chi connectivity index (χ0) is 23.1. The topological polar surface area (TPSA) is 81.9 Å². The normalized spacial score (nSPS) is 14.9. The van der Waals surface area contributed by atoms with Crippen molar-refractivity contribution in [2.75, 3.05) is 13.2 Å². The Morgan fingerprint density at radius 3 is 2.85 bits per heavy atom. The Morgan fingerprint density at radius 2 is 2.03 bits per heavy atom. The molecule has 1 aromatic carbocycles. The van der Waals surface area contributed by atoms with E-state index in [0.717, 1.165) is 48.2 Å². The van der Waals surface area contributed by atoms with E-state index < -0.39 is 0 Å². The van der Waals surface area contributed by atoms with Gasteiger partial charge in [0.25, 0.3) is 5.91 Å². The van der Waals surface area contributed by atoms with Crippen molar-refractivity contribution in [1.29, 1.82) is 0 Å². The molecule has 0 saturated heterocycles. The van der Waals surface area contributed by atoms with Gasteiger partial charge in [0, 0.05) is 17.8 Å². The van der Waals surface area contributed by atoms with Gasteiger partial charge in [-0.3, -0.25) is 4.79 Å². The quantitative estimate of drug-likeness (QED) is 0.422. The number of rotatable bonds is 7. The zero-order valence-electron chi connectivity index (χ0n) is 19.3. The Bertz CT molecular complexity index is 1380. The van der Waals surface area contributed by atoms with Crippen LogP contribution in [0.1, 0.15) is 58.1 Å². The lowest BCUT2D eigenvalue weighted by Crippen LogP contribution is -2.28. The van der Waals surface area contributed by atoms with Gasteiger partial charge in [-0.1, -0.05) is 12.1 Å². The summed E-state index contributed by atoms with van der Waals surface area (Å²) in [5, 5.41) is 8.48. The van der Waals surface area contributed by atoms with Crippen molar-refractivity contribution < 1.29 is 9.53 Å². The van der Waals surface area contributed by atoms with E-state index in [1.165, 1.54) is 17.5 Å². The summed E-state index contributed by atoms with van der Waals surface area (Å²) in [5.41, 5.74) is 5.81. The molecule has 7 heteroatoms. The number of nitrogens with zero attached hydrogens (tertiary/aromatic N) is 4. The third kappa shape index (κ3) is 3.91. The molecule has 172 valence electrons. The van der Waals surface area contributed by atoms with Crippen molar-refractivity contribution in [2.24, 2.45) is 0 Å². The molecule has 2 aliphatic carbocycles. The molecule has 6 rings (SSSR count). The molecular formula is C27H27N5O2. The molecule has 0 unspecified atom stereocenters. The molecule has 34 heavy (non-hydrogen) atoms. The van der Waals surface area contributed by atoms with Crippen LogP contribution in [0.4, 0.5) is 0 Å². The van der Waals surface area contributed by atoms with E-state index in [2.05, 4.69) is 27.5 Å². The van der Waals surface area contributed by atoms with Gasteiger partial charge in [-0.15, -0.1) is 0 Å². The lowest BCUT2D eigenvalue weighted by Gasteiger charge is -2.11. The molecule has 4 aromatic rings. The maximum Gasteiger partial charge on any atom is 0.252 e. The number of amides is 1. The van der Waals surface area contributed by atoms with E-state index in [9.17, 15) is 4.79 Å². The fourth-order valence-electron chi connectivity index (χ4n) is 4.78. The number of nitrogens with one attached hydrogen (secondary N) is 1. The molecule has 0 bridgehead atoms. The van der Waals surface area contributed by atoms with Gasteiger partial charge in [0.05, 0.1) is 23.2 Å². The van der Waals surface area contributed by atoms with Gasteiger partial charge < -0.3 is 10.1 Å². The van der Waals surface area contributed by atoms with Crippen LogP contribution >= 0.6 is 0 Å². The van der Waals surface area contributed by atoms with Crippen LogP contribution in [0.2, 0.25) is 0 Å². The number of aromatic nitrogens is 4. The summed E-state index contributed by atoms with van der Waals surface area (Å²) in [4.78, 5) is 22.6. The predicted octanol–water partition coefficient (Wildman–Crippen LogP) is 4.30. The summed E-state index contributed by atoms with van der Waals surface area (Å²) >= 11 is 0. The standard InChI is InChI=1S/C27H27N5O2/c1-17-25-22(27(33)29-13-14-34-21-11-10-18-5-4-6-20(18)15-21)16-23(19-8-9-19)30-26(25)32(31-17)24-7-2-3-12-28-24/h2-3,7,10-12,15-16,19H,4-6,8-9,13-14H2,1H3,(H,29,33). The largest absolute Gasteiger partial charge is 0.492 e. The minimum absolute atomic E-state index is 0.129. The Balaban J connectivity index is 1.23. The molecule has 7 nitrogen and oxygen atoms in total.